The second-order valence-electron chi connectivity index (χ2n) is 5.27. The molecule has 1 atom stereocenters. The van der Waals surface area contributed by atoms with Crippen LogP contribution in [0.4, 0.5) is 0 Å². The van der Waals surface area contributed by atoms with Crippen molar-refractivity contribution in [3.63, 3.8) is 0 Å². The van der Waals surface area contributed by atoms with Crippen LogP contribution in [-0.2, 0) is 4.79 Å². The van der Waals surface area contributed by atoms with E-state index in [1.54, 1.807) is 25.8 Å². The summed E-state index contributed by atoms with van der Waals surface area (Å²) in [7, 11) is 1.79. The van der Waals surface area contributed by atoms with E-state index < -0.39 is 11.5 Å². The molecule has 1 amide bonds. The molecule has 1 aliphatic rings. The summed E-state index contributed by atoms with van der Waals surface area (Å²) in [6.07, 6.45) is -0.566. The molecule has 1 unspecified atom stereocenters. The minimum Gasteiger partial charge on any atom is -0.391 e. The van der Waals surface area contributed by atoms with Crippen molar-refractivity contribution in [3.8, 4) is 0 Å². The second kappa shape index (κ2) is 2.71. The van der Waals surface area contributed by atoms with E-state index in [4.69, 9.17) is 0 Å². The largest absolute Gasteiger partial charge is 0.391 e. The van der Waals surface area contributed by atoms with E-state index >= 15 is 0 Å². The number of rotatable bonds is 0. The van der Waals surface area contributed by atoms with Gasteiger partial charge in [0, 0.05) is 19.0 Å². The molecule has 3 heteroatoms. The highest BCUT2D eigenvalue weighted by atomic mass is 16.3. The number of aliphatic hydroxyl groups excluding tert-OH is 1. The molecule has 0 radical (unpaired) electrons. The second-order valence-corrected chi connectivity index (χ2v) is 5.27. The highest BCUT2D eigenvalue weighted by Crippen LogP contribution is 2.40. The average Bonchev–Trinajstić information content (AvgIpc) is 1.98. The van der Waals surface area contributed by atoms with Crippen molar-refractivity contribution >= 4 is 5.91 Å². The molecule has 1 rings (SSSR count). The molecule has 0 aromatic rings. The zero-order valence-corrected chi connectivity index (χ0v) is 9.09. The van der Waals surface area contributed by atoms with Gasteiger partial charge in [0.2, 0.25) is 5.91 Å². The van der Waals surface area contributed by atoms with Gasteiger partial charge in [-0.3, -0.25) is 4.79 Å². The molecular formula is C10H19NO2. The molecule has 0 bridgehead atoms. The fraction of sp³-hybridized carbons (Fsp3) is 0.900. The molecule has 0 saturated carbocycles. The third kappa shape index (κ3) is 1.46. The molecule has 0 aromatic carbocycles. The lowest BCUT2D eigenvalue weighted by atomic mass is 9.68. The lowest BCUT2D eigenvalue weighted by Crippen LogP contribution is -2.60. The molecule has 0 aliphatic carbocycles. The highest BCUT2D eigenvalue weighted by Gasteiger charge is 2.50. The van der Waals surface area contributed by atoms with Gasteiger partial charge in [0.25, 0.3) is 0 Å². The SMILES string of the molecule is CN1CC(C)(C)C(O)C(C)(C)C1=O. The van der Waals surface area contributed by atoms with Crippen molar-refractivity contribution in [2.24, 2.45) is 10.8 Å². The fourth-order valence-corrected chi connectivity index (χ4v) is 2.36. The van der Waals surface area contributed by atoms with Crippen LogP contribution in [0.15, 0.2) is 0 Å². The number of carbonyl (C=O) groups excluding carboxylic acids is 1. The van der Waals surface area contributed by atoms with Crippen LogP contribution in [-0.4, -0.2) is 35.6 Å². The quantitative estimate of drug-likeness (QED) is 0.608. The summed E-state index contributed by atoms with van der Waals surface area (Å²) in [6.45, 7) is 8.20. The Morgan fingerprint density at radius 2 is 1.85 bits per heavy atom. The van der Waals surface area contributed by atoms with E-state index in [1.165, 1.54) is 0 Å². The molecule has 0 aromatic heterocycles. The average molecular weight is 185 g/mol. The normalized spacial score (nSPS) is 32.0. The maximum Gasteiger partial charge on any atom is 0.230 e. The Kier molecular flexibility index (Phi) is 2.19. The Morgan fingerprint density at radius 3 is 2.31 bits per heavy atom. The van der Waals surface area contributed by atoms with Crippen LogP contribution in [0.1, 0.15) is 27.7 Å². The number of piperidine rings is 1. The van der Waals surface area contributed by atoms with Crippen LogP contribution in [0.25, 0.3) is 0 Å². The molecule has 0 spiro atoms. The Balaban J connectivity index is 3.03. The van der Waals surface area contributed by atoms with E-state index in [-0.39, 0.29) is 11.3 Å². The summed E-state index contributed by atoms with van der Waals surface area (Å²) < 4.78 is 0. The lowest BCUT2D eigenvalue weighted by Gasteiger charge is -2.48. The van der Waals surface area contributed by atoms with E-state index in [1.807, 2.05) is 13.8 Å². The topological polar surface area (TPSA) is 40.5 Å². The first-order valence-corrected chi connectivity index (χ1v) is 4.63. The van der Waals surface area contributed by atoms with E-state index in [2.05, 4.69) is 0 Å². The molecule has 3 nitrogen and oxygen atoms in total. The smallest absolute Gasteiger partial charge is 0.230 e. The van der Waals surface area contributed by atoms with Gasteiger partial charge in [-0.05, 0) is 13.8 Å². The van der Waals surface area contributed by atoms with Gasteiger partial charge >= 0.3 is 0 Å². The molecule has 1 fully saturated rings. The third-order valence-electron chi connectivity index (χ3n) is 2.97. The Morgan fingerprint density at radius 1 is 1.38 bits per heavy atom. The first kappa shape index (κ1) is 10.5. The van der Waals surface area contributed by atoms with Gasteiger partial charge in [-0.2, -0.15) is 0 Å². The molecule has 1 N–H and O–H groups in total. The minimum atomic E-state index is -0.656. The van der Waals surface area contributed by atoms with Crippen LogP contribution in [0, 0.1) is 10.8 Å². The number of nitrogens with zero attached hydrogens (tertiary/aromatic N) is 1. The van der Waals surface area contributed by atoms with Crippen LogP contribution in [0.5, 0.6) is 0 Å². The van der Waals surface area contributed by atoms with E-state index in [0.717, 1.165) is 0 Å². The molecular weight excluding hydrogens is 166 g/mol. The predicted octanol–water partition coefficient (Wildman–Crippen LogP) is 0.872. The molecule has 13 heavy (non-hydrogen) atoms. The number of likely N-dealkylation sites (tertiary alicyclic amines) is 1. The van der Waals surface area contributed by atoms with Gasteiger partial charge < -0.3 is 10.0 Å². The number of amides is 1. The van der Waals surface area contributed by atoms with Crippen LogP contribution in [0.2, 0.25) is 0 Å². The fourth-order valence-electron chi connectivity index (χ4n) is 2.36. The van der Waals surface area contributed by atoms with Crippen LogP contribution < -0.4 is 0 Å². The number of carbonyl (C=O) groups is 1. The third-order valence-corrected chi connectivity index (χ3v) is 2.97. The van der Waals surface area contributed by atoms with Crippen molar-refractivity contribution in [2.75, 3.05) is 13.6 Å². The summed E-state index contributed by atoms with van der Waals surface area (Å²) in [5.74, 6) is 0.0272. The predicted molar refractivity (Wildman–Crippen MR) is 51.2 cm³/mol. The standard InChI is InChI=1S/C10H19NO2/c1-9(2)6-11(5)8(13)10(3,4)7(9)12/h7,12H,6H2,1-5H3. The van der Waals surface area contributed by atoms with Gasteiger partial charge in [-0.1, -0.05) is 13.8 Å². The molecule has 76 valence electrons. The van der Waals surface area contributed by atoms with Gasteiger partial charge in [0.15, 0.2) is 0 Å². The molecule has 1 heterocycles. The number of hydrogen-bond acceptors (Lipinski definition) is 2. The van der Waals surface area contributed by atoms with Crippen molar-refractivity contribution in [2.45, 2.75) is 33.8 Å². The molecule has 1 aliphatic heterocycles. The maximum absolute atomic E-state index is 11.7. The van der Waals surface area contributed by atoms with E-state index in [0.29, 0.717) is 6.54 Å². The van der Waals surface area contributed by atoms with Gasteiger partial charge in [0.05, 0.1) is 11.5 Å². The van der Waals surface area contributed by atoms with E-state index in [9.17, 15) is 9.90 Å². The monoisotopic (exact) mass is 185 g/mol. The van der Waals surface area contributed by atoms with Gasteiger partial charge in [0.1, 0.15) is 0 Å². The van der Waals surface area contributed by atoms with Gasteiger partial charge in [-0.25, -0.2) is 0 Å². The van der Waals surface area contributed by atoms with Crippen molar-refractivity contribution in [3.05, 3.63) is 0 Å². The Labute approximate surface area is 79.7 Å². The number of aliphatic hydroxyl groups is 1. The van der Waals surface area contributed by atoms with Crippen LogP contribution in [0.3, 0.4) is 0 Å². The first-order chi connectivity index (χ1) is 5.69. The summed E-state index contributed by atoms with van der Waals surface area (Å²) in [4.78, 5) is 13.4. The molecule has 1 saturated heterocycles. The Hall–Kier alpha value is -0.570. The first-order valence-electron chi connectivity index (χ1n) is 4.63. The van der Waals surface area contributed by atoms with Crippen molar-refractivity contribution < 1.29 is 9.90 Å². The summed E-state index contributed by atoms with van der Waals surface area (Å²) in [5.41, 5.74) is -0.872. The zero-order chi connectivity index (χ0) is 10.4. The summed E-state index contributed by atoms with van der Waals surface area (Å²) >= 11 is 0. The van der Waals surface area contributed by atoms with Gasteiger partial charge in [-0.15, -0.1) is 0 Å². The summed E-state index contributed by atoms with van der Waals surface area (Å²) in [6, 6.07) is 0. The Bertz CT molecular complexity index is 233. The highest BCUT2D eigenvalue weighted by molar-refractivity contribution is 5.83. The summed E-state index contributed by atoms with van der Waals surface area (Å²) in [5, 5.41) is 10.0. The van der Waals surface area contributed by atoms with Crippen molar-refractivity contribution in [1.82, 2.24) is 4.90 Å². The number of hydrogen-bond donors (Lipinski definition) is 1. The van der Waals surface area contributed by atoms with Crippen molar-refractivity contribution in [1.29, 1.82) is 0 Å². The zero-order valence-electron chi connectivity index (χ0n) is 9.09. The lowest BCUT2D eigenvalue weighted by molar-refractivity contribution is -0.166. The van der Waals surface area contributed by atoms with Crippen LogP contribution >= 0.6 is 0 Å². The maximum atomic E-state index is 11.7. The minimum absolute atomic E-state index is 0.0272.